The van der Waals surface area contributed by atoms with Crippen molar-refractivity contribution in [3.63, 3.8) is 0 Å². The average molecular weight is 312 g/mol. The van der Waals surface area contributed by atoms with Crippen LogP contribution < -0.4 is 5.32 Å². The minimum absolute atomic E-state index is 0.0392. The summed E-state index contributed by atoms with van der Waals surface area (Å²) in [6.45, 7) is 5.84. The molecule has 1 aromatic carbocycles. The molecule has 0 aliphatic carbocycles. The summed E-state index contributed by atoms with van der Waals surface area (Å²) in [7, 11) is -3.44. The molecule has 5 nitrogen and oxygen atoms in total. The number of rotatable bonds is 7. The van der Waals surface area contributed by atoms with Crippen molar-refractivity contribution < 1.29 is 13.2 Å². The molecule has 0 fully saturated rings. The first kappa shape index (κ1) is 17.7. The highest BCUT2D eigenvalue weighted by Gasteiger charge is 2.21. The van der Waals surface area contributed by atoms with E-state index < -0.39 is 10.0 Å². The van der Waals surface area contributed by atoms with Crippen molar-refractivity contribution in [1.82, 2.24) is 9.62 Å². The summed E-state index contributed by atoms with van der Waals surface area (Å²) < 4.78 is 25.0. The molecule has 118 valence electrons. The van der Waals surface area contributed by atoms with Crippen LogP contribution in [0.5, 0.6) is 0 Å². The Kier molecular flexibility index (Phi) is 6.36. The first-order valence-electron chi connectivity index (χ1n) is 7.03. The molecular formula is C15H24N2O3S. The van der Waals surface area contributed by atoms with Gasteiger partial charge in [0.25, 0.3) is 0 Å². The molecule has 21 heavy (non-hydrogen) atoms. The van der Waals surface area contributed by atoms with Gasteiger partial charge in [0.2, 0.25) is 15.9 Å². The number of hydrogen-bond acceptors (Lipinski definition) is 3. The largest absolute Gasteiger partial charge is 0.353 e. The fraction of sp³-hybridized carbons (Fsp3) is 0.533. The standard InChI is InChI=1S/C15H24N2O3S/c1-5-13(3)16-15(18)11-17(21(4,19)20)10-14-9-7-6-8-12(14)2/h6-9,13H,5,10-11H2,1-4H3,(H,16,18). The van der Waals surface area contributed by atoms with Gasteiger partial charge in [-0.05, 0) is 31.4 Å². The number of carbonyl (C=O) groups excluding carboxylic acids is 1. The van der Waals surface area contributed by atoms with E-state index in [4.69, 9.17) is 0 Å². The van der Waals surface area contributed by atoms with Gasteiger partial charge in [-0.25, -0.2) is 8.42 Å². The summed E-state index contributed by atoms with van der Waals surface area (Å²) in [4.78, 5) is 11.9. The minimum Gasteiger partial charge on any atom is -0.353 e. The van der Waals surface area contributed by atoms with E-state index >= 15 is 0 Å². The Labute approximate surface area is 127 Å². The third kappa shape index (κ3) is 5.85. The van der Waals surface area contributed by atoms with Gasteiger partial charge in [0.1, 0.15) is 0 Å². The molecule has 0 spiro atoms. The average Bonchev–Trinajstić information content (AvgIpc) is 2.39. The third-order valence-corrected chi connectivity index (χ3v) is 4.61. The molecule has 1 aromatic rings. The highest BCUT2D eigenvalue weighted by atomic mass is 32.2. The lowest BCUT2D eigenvalue weighted by Gasteiger charge is -2.21. The van der Waals surface area contributed by atoms with Crippen LogP contribution in [0.3, 0.4) is 0 Å². The summed E-state index contributed by atoms with van der Waals surface area (Å²) >= 11 is 0. The predicted molar refractivity (Wildman–Crippen MR) is 84.3 cm³/mol. The second-order valence-corrected chi connectivity index (χ2v) is 7.32. The zero-order valence-corrected chi connectivity index (χ0v) is 13.9. The van der Waals surface area contributed by atoms with Gasteiger partial charge in [0, 0.05) is 12.6 Å². The third-order valence-electron chi connectivity index (χ3n) is 3.42. The topological polar surface area (TPSA) is 66.5 Å². The molecule has 0 radical (unpaired) electrons. The van der Waals surface area contributed by atoms with Crippen molar-refractivity contribution in [2.24, 2.45) is 0 Å². The number of hydrogen-bond donors (Lipinski definition) is 1. The summed E-state index contributed by atoms with van der Waals surface area (Å²) in [5, 5.41) is 2.79. The lowest BCUT2D eigenvalue weighted by atomic mass is 10.1. The number of amides is 1. The number of carbonyl (C=O) groups is 1. The molecule has 1 atom stereocenters. The molecular weight excluding hydrogens is 288 g/mol. The molecule has 6 heteroatoms. The van der Waals surface area contributed by atoms with E-state index in [1.165, 1.54) is 4.31 Å². The summed E-state index contributed by atoms with van der Waals surface area (Å²) in [6.07, 6.45) is 1.93. The molecule has 0 aliphatic heterocycles. The molecule has 1 amide bonds. The number of benzene rings is 1. The fourth-order valence-corrected chi connectivity index (χ4v) is 2.58. The molecule has 0 saturated heterocycles. The predicted octanol–water partition coefficient (Wildman–Crippen LogP) is 1.67. The second kappa shape index (κ2) is 7.56. The van der Waals surface area contributed by atoms with Gasteiger partial charge in [0.05, 0.1) is 12.8 Å². The van der Waals surface area contributed by atoms with E-state index in [1.54, 1.807) is 0 Å². The Balaban J connectivity index is 2.83. The first-order valence-corrected chi connectivity index (χ1v) is 8.87. The maximum absolute atomic E-state index is 11.9. The number of aryl methyl sites for hydroxylation is 1. The summed E-state index contributed by atoms with van der Waals surface area (Å²) in [5.41, 5.74) is 1.91. The van der Waals surface area contributed by atoms with Gasteiger partial charge in [-0.3, -0.25) is 4.79 Å². The molecule has 0 heterocycles. The molecule has 1 unspecified atom stereocenters. The Morgan fingerprint density at radius 2 is 1.95 bits per heavy atom. The summed E-state index contributed by atoms with van der Waals surface area (Å²) in [6, 6.07) is 7.61. The van der Waals surface area contributed by atoms with E-state index in [1.807, 2.05) is 45.0 Å². The second-order valence-electron chi connectivity index (χ2n) is 5.33. The number of nitrogens with one attached hydrogen (secondary N) is 1. The molecule has 0 aromatic heterocycles. The van der Waals surface area contributed by atoms with Crippen LogP contribution in [0.25, 0.3) is 0 Å². The highest BCUT2D eigenvalue weighted by Crippen LogP contribution is 2.12. The normalized spacial score (nSPS) is 13.2. The Morgan fingerprint density at radius 1 is 1.33 bits per heavy atom. The molecule has 0 bridgehead atoms. The van der Waals surface area contributed by atoms with Gasteiger partial charge in [-0.15, -0.1) is 0 Å². The lowest BCUT2D eigenvalue weighted by Crippen LogP contribution is -2.42. The van der Waals surface area contributed by atoms with Crippen LogP contribution in [0.1, 0.15) is 31.4 Å². The van der Waals surface area contributed by atoms with E-state index in [0.29, 0.717) is 0 Å². The van der Waals surface area contributed by atoms with Gasteiger partial charge in [-0.2, -0.15) is 4.31 Å². The smallest absolute Gasteiger partial charge is 0.235 e. The Hall–Kier alpha value is -1.40. The van der Waals surface area contributed by atoms with Gasteiger partial charge in [-0.1, -0.05) is 31.2 Å². The van der Waals surface area contributed by atoms with Crippen LogP contribution in [0.15, 0.2) is 24.3 Å². The van der Waals surface area contributed by atoms with Crippen LogP contribution >= 0.6 is 0 Å². The van der Waals surface area contributed by atoms with Crippen molar-refractivity contribution in [2.75, 3.05) is 12.8 Å². The maximum Gasteiger partial charge on any atom is 0.235 e. The van der Waals surface area contributed by atoms with Crippen LogP contribution in [0, 0.1) is 6.92 Å². The molecule has 1 rings (SSSR count). The monoisotopic (exact) mass is 312 g/mol. The van der Waals surface area contributed by atoms with Crippen molar-refractivity contribution >= 4 is 15.9 Å². The first-order chi connectivity index (χ1) is 9.74. The van der Waals surface area contributed by atoms with Crippen molar-refractivity contribution in [3.8, 4) is 0 Å². The Bertz CT molecular complexity index is 584. The van der Waals surface area contributed by atoms with Gasteiger partial charge in [0.15, 0.2) is 0 Å². The lowest BCUT2D eigenvalue weighted by molar-refractivity contribution is -0.122. The van der Waals surface area contributed by atoms with E-state index in [2.05, 4.69) is 5.32 Å². The van der Waals surface area contributed by atoms with Crippen LogP contribution in [0.4, 0.5) is 0 Å². The Morgan fingerprint density at radius 3 is 2.48 bits per heavy atom. The van der Waals surface area contributed by atoms with E-state index in [9.17, 15) is 13.2 Å². The van der Waals surface area contributed by atoms with Gasteiger partial charge >= 0.3 is 0 Å². The highest BCUT2D eigenvalue weighted by molar-refractivity contribution is 7.88. The number of sulfonamides is 1. The van der Waals surface area contributed by atoms with Gasteiger partial charge < -0.3 is 5.32 Å². The quantitative estimate of drug-likeness (QED) is 0.833. The van der Waals surface area contributed by atoms with Crippen molar-refractivity contribution in [3.05, 3.63) is 35.4 Å². The fourth-order valence-electron chi connectivity index (χ4n) is 1.85. The van der Waals surface area contributed by atoms with Crippen LogP contribution in [0.2, 0.25) is 0 Å². The van der Waals surface area contributed by atoms with Crippen LogP contribution in [-0.4, -0.2) is 37.5 Å². The number of nitrogens with zero attached hydrogens (tertiary/aromatic N) is 1. The zero-order chi connectivity index (χ0) is 16.0. The SMILES string of the molecule is CCC(C)NC(=O)CN(Cc1ccccc1C)S(C)(=O)=O. The minimum atomic E-state index is -3.44. The van der Waals surface area contributed by atoms with E-state index in [-0.39, 0.29) is 25.0 Å². The molecule has 0 saturated carbocycles. The van der Waals surface area contributed by atoms with E-state index in [0.717, 1.165) is 23.8 Å². The van der Waals surface area contributed by atoms with Crippen molar-refractivity contribution in [1.29, 1.82) is 0 Å². The molecule has 0 aliphatic rings. The van der Waals surface area contributed by atoms with Crippen molar-refractivity contribution in [2.45, 2.75) is 39.8 Å². The summed E-state index contributed by atoms with van der Waals surface area (Å²) in [5.74, 6) is -0.275. The molecule has 1 N–H and O–H groups in total. The maximum atomic E-state index is 11.9. The van der Waals surface area contributed by atoms with Crippen LogP contribution in [-0.2, 0) is 21.4 Å². The zero-order valence-electron chi connectivity index (χ0n) is 13.1.